The quantitative estimate of drug-likeness (QED) is 0.787. The molecule has 0 fully saturated rings. The van der Waals surface area contributed by atoms with Crippen molar-refractivity contribution in [2.45, 2.75) is 39.7 Å². The molecule has 25 heavy (non-hydrogen) atoms. The van der Waals surface area contributed by atoms with Crippen molar-refractivity contribution in [3.63, 3.8) is 0 Å². The third-order valence-corrected chi connectivity index (χ3v) is 3.91. The van der Waals surface area contributed by atoms with Gasteiger partial charge in [0.2, 0.25) is 0 Å². The second kappa shape index (κ2) is 9.11. The average Bonchev–Trinajstić information content (AvgIpc) is 2.59. The van der Waals surface area contributed by atoms with Crippen LogP contribution in [0.3, 0.4) is 0 Å². The lowest BCUT2D eigenvalue weighted by molar-refractivity contribution is -0.123. The molecule has 1 amide bonds. The summed E-state index contributed by atoms with van der Waals surface area (Å²) < 4.78 is 11.3. The Balaban J connectivity index is 1.73. The van der Waals surface area contributed by atoms with Crippen LogP contribution in [-0.4, -0.2) is 25.2 Å². The Morgan fingerprint density at radius 3 is 2.32 bits per heavy atom. The number of aryl methyl sites for hydroxylation is 1. The van der Waals surface area contributed by atoms with Gasteiger partial charge < -0.3 is 14.8 Å². The molecule has 0 heterocycles. The van der Waals surface area contributed by atoms with E-state index in [1.165, 1.54) is 5.56 Å². The molecule has 0 aliphatic heterocycles. The van der Waals surface area contributed by atoms with Crippen molar-refractivity contribution in [3.05, 3.63) is 59.7 Å². The lowest BCUT2D eigenvalue weighted by Crippen LogP contribution is -2.39. The van der Waals surface area contributed by atoms with Gasteiger partial charge in [-0.2, -0.15) is 0 Å². The normalized spacial score (nSPS) is 11.9. The van der Waals surface area contributed by atoms with Crippen LogP contribution in [0.15, 0.2) is 48.5 Å². The number of hydrogen-bond acceptors (Lipinski definition) is 3. The van der Waals surface area contributed by atoms with Crippen LogP contribution in [0.25, 0.3) is 0 Å². The summed E-state index contributed by atoms with van der Waals surface area (Å²) in [4.78, 5) is 12.0. The van der Waals surface area contributed by atoms with Gasteiger partial charge in [0, 0.05) is 0 Å². The fraction of sp³-hybridized carbons (Fsp3) is 0.381. The topological polar surface area (TPSA) is 47.6 Å². The second-order valence-electron chi connectivity index (χ2n) is 6.56. The Morgan fingerprint density at radius 2 is 1.68 bits per heavy atom. The number of nitrogens with one attached hydrogen (secondary N) is 1. The van der Waals surface area contributed by atoms with Crippen molar-refractivity contribution in [1.82, 2.24) is 5.32 Å². The summed E-state index contributed by atoms with van der Waals surface area (Å²) in [5, 5.41) is 2.88. The molecule has 1 N–H and O–H groups in total. The minimum Gasteiger partial charge on any atom is -0.491 e. The van der Waals surface area contributed by atoms with E-state index in [2.05, 4.69) is 19.2 Å². The van der Waals surface area contributed by atoms with Crippen LogP contribution in [0.5, 0.6) is 11.5 Å². The predicted molar refractivity (Wildman–Crippen MR) is 100 cm³/mol. The van der Waals surface area contributed by atoms with E-state index in [0.29, 0.717) is 18.3 Å². The van der Waals surface area contributed by atoms with Gasteiger partial charge in [0.25, 0.3) is 5.91 Å². The molecule has 2 rings (SSSR count). The van der Waals surface area contributed by atoms with E-state index < -0.39 is 0 Å². The van der Waals surface area contributed by atoms with Gasteiger partial charge in [-0.15, -0.1) is 0 Å². The summed E-state index contributed by atoms with van der Waals surface area (Å²) in [5.41, 5.74) is 2.33. The number of carbonyl (C=O) groups is 1. The zero-order chi connectivity index (χ0) is 18.2. The summed E-state index contributed by atoms with van der Waals surface area (Å²) in [7, 11) is 0. The van der Waals surface area contributed by atoms with Gasteiger partial charge in [-0.3, -0.25) is 4.79 Å². The van der Waals surface area contributed by atoms with Gasteiger partial charge in [0.05, 0.1) is 6.04 Å². The number of hydrogen-bond donors (Lipinski definition) is 1. The first-order valence-electron chi connectivity index (χ1n) is 8.66. The maximum absolute atomic E-state index is 12.0. The third kappa shape index (κ3) is 6.14. The van der Waals surface area contributed by atoms with Gasteiger partial charge in [-0.1, -0.05) is 44.2 Å². The number of para-hydroxylation sites is 1. The summed E-state index contributed by atoms with van der Waals surface area (Å²) in [6.45, 7) is 8.60. The van der Waals surface area contributed by atoms with E-state index in [9.17, 15) is 4.79 Å². The van der Waals surface area contributed by atoms with Crippen LogP contribution >= 0.6 is 0 Å². The van der Waals surface area contributed by atoms with Gasteiger partial charge in [0.15, 0.2) is 6.61 Å². The van der Waals surface area contributed by atoms with Crippen LogP contribution in [0.1, 0.15) is 37.8 Å². The van der Waals surface area contributed by atoms with Gasteiger partial charge in [-0.25, -0.2) is 0 Å². The smallest absolute Gasteiger partial charge is 0.258 e. The van der Waals surface area contributed by atoms with E-state index in [1.54, 1.807) is 0 Å². The molecule has 0 radical (unpaired) electrons. The molecule has 0 spiro atoms. The van der Waals surface area contributed by atoms with Crippen molar-refractivity contribution < 1.29 is 14.3 Å². The monoisotopic (exact) mass is 341 g/mol. The predicted octanol–water partition coefficient (Wildman–Crippen LogP) is 4.08. The minimum absolute atomic E-state index is 0.00424. The third-order valence-electron chi connectivity index (χ3n) is 3.91. The molecule has 0 saturated heterocycles. The van der Waals surface area contributed by atoms with Gasteiger partial charge >= 0.3 is 0 Å². The molecule has 1 atom stereocenters. The zero-order valence-corrected chi connectivity index (χ0v) is 15.4. The minimum atomic E-state index is -0.159. The average molecular weight is 341 g/mol. The fourth-order valence-corrected chi connectivity index (χ4v) is 2.39. The molecule has 4 nitrogen and oxygen atoms in total. The summed E-state index contributed by atoms with van der Waals surface area (Å²) in [5.74, 6) is 1.86. The molecule has 0 bridgehead atoms. The number of ether oxygens (including phenoxy) is 2. The van der Waals surface area contributed by atoms with Crippen LogP contribution in [0.4, 0.5) is 0 Å². The van der Waals surface area contributed by atoms with Crippen LogP contribution in [0, 0.1) is 6.92 Å². The fourth-order valence-electron chi connectivity index (χ4n) is 2.39. The first-order valence-corrected chi connectivity index (χ1v) is 8.66. The van der Waals surface area contributed by atoms with Gasteiger partial charge in [0.1, 0.15) is 18.1 Å². The first kappa shape index (κ1) is 18.8. The van der Waals surface area contributed by atoms with E-state index in [4.69, 9.17) is 9.47 Å². The van der Waals surface area contributed by atoms with Crippen molar-refractivity contribution >= 4 is 5.91 Å². The number of rotatable bonds is 8. The Hall–Kier alpha value is -2.49. The van der Waals surface area contributed by atoms with E-state index >= 15 is 0 Å². The molecule has 2 aromatic carbocycles. The summed E-state index contributed by atoms with van der Waals surface area (Å²) in [6.07, 6.45) is 0. The van der Waals surface area contributed by atoms with Gasteiger partial charge in [-0.05, 0) is 49.1 Å². The molecular formula is C21H27NO3. The molecule has 4 heteroatoms. The molecule has 1 unspecified atom stereocenters. The largest absolute Gasteiger partial charge is 0.491 e. The van der Waals surface area contributed by atoms with Crippen LogP contribution in [-0.2, 0) is 4.79 Å². The Bertz CT molecular complexity index is 680. The molecule has 134 valence electrons. The standard InChI is InChI=1S/C21H27NO3/c1-15(2)18-9-11-19(12-10-18)24-14-21(23)22-17(4)13-25-20-8-6-5-7-16(20)3/h5-12,15,17H,13-14H2,1-4H3,(H,22,23). The van der Waals surface area contributed by atoms with Crippen LogP contribution < -0.4 is 14.8 Å². The zero-order valence-electron chi connectivity index (χ0n) is 15.4. The van der Waals surface area contributed by atoms with Crippen molar-refractivity contribution in [1.29, 1.82) is 0 Å². The van der Waals surface area contributed by atoms with Crippen molar-refractivity contribution in [2.24, 2.45) is 0 Å². The highest BCUT2D eigenvalue weighted by Crippen LogP contribution is 2.18. The van der Waals surface area contributed by atoms with E-state index in [0.717, 1.165) is 11.3 Å². The lowest BCUT2D eigenvalue weighted by Gasteiger charge is -2.16. The molecule has 0 saturated carbocycles. The second-order valence-corrected chi connectivity index (χ2v) is 6.56. The Kier molecular flexibility index (Phi) is 6.87. The molecule has 2 aromatic rings. The lowest BCUT2D eigenvalue weighted by atomic mass is 10.0. The van der Waals surface area contributed by atoms with E-state index in [-0.39, 0.29) is 18.6 Å². The highest BCUT2D eigenvalue weighted by molar-refractivity contribution is 5.77. The number of carbonyl (C=O) groups excluding carboxylic acids is 1. The molecular weight excluding hydrogens is 314 g/mol. The number of amides is 1. The Morgan fingerprint density at radius 1 is 1.00 bits per heavy atom. The molecule has 0 aliphatic carbocycles. The SMILES string of the molecule is Cc1ccccc1OCC(C)NC(=O)COc1ccc(C(C)C)cc1. The maximum Gasteiger partial charge on any atom is 0.258 e. The van der Waals surface area contributed by atoms with Crippen molar-refractivity contribution in [2.75, 3.05) is 13.2 Å². The Labute approximate surface area is 150 Å². The van der Waals surface area contributed by atoms with Crippen LogP contribution in [0.2, 0.25) is 0 Å². The first-order chi connectivity index (χ1) is 12.0. The molecule has 0 aliphatic rings. The summed E-state index contributed by atoms with van der Waals surface area (Å²) >= 11 is 0. The highest BCUT2D eigenvalue weighted by Gasteiger charge is 2.10. The molecule has 0 aromatic heterocycles. The summed E-state index contributed by atoms with van der Waals surface area (Å²) in [6, 6.07) is 15.6. The number of benzene rings is 2. The van der Waals surface area contributed by atoms with Crippen molar-refractivity contribution in [3.8, 4) is 11.5 Å². The maximum atomic E-state index is 12.0. The highest BCUT2D eigenvalue weighted by atomic mass is 16.5. The van der Waals surface area contributed by atoms with E-state index in [1.807, 2.05) is 62.4 Å².